The van der Waals surface area contributed by atoms with E-state index >= 15 is 0 Å². The van der Waals surface area contributed by atoms with Crippen molar-refractivity contribution in [2.24, 2.45) is 0 Å². The third-order valence-electron chi connectivity index (χ3n) is 2.32. The van der Waals surface area contributed by atoms with Gasteiger partial charge in [0.2, 0.25) is 5.91 Å². The molecular formula is C14H13BrN2O2. The molecule has 2 rings (SSSR count). The Morgan fingerprint density at radius 1 is 1.16 bits per heavy atom. The van der Waals surface area contributed by atoms with Crippen molar-refractivity contribution in [3.05, 3.63) is 53.1 Å². The first kappa shape index (κ1) is 13.5. The number of hydrogen-bond donors (Lipinski definition) is 1. The minimum absolute atomic E-state index is 0.124. The van der Waals surface area contributed by atoms with Crippen LogP contribution in [0.5, 0.6) is 5.75 Å². The number of ether oxygens (including phenoxy) is 1. The number of halogens is 1. The number of carbonyl (C=O) groups is 1. The van der Waals surface area contributed by atoms with Gasteiger partial charge in [-0.25, -0.2) is 4.98 Å². The lowest BCUT2D eigenvalue weighted by Crippen LogP contribution is -2.15. The Kier molecular flexibility index (Phi) is 4.92. The molecule has 0 unspecified atom stereocenters. The topological polar surface area (TPSA) is 51.2 Å². The van der Waals surface area contributed by atoms with E-state index in [1.54, 1.807) is 12.1 Å². The molecule has 1 N–H and O–H groups in total. The average Bonchev–Trinajstić information content (AvgIpc) is 2.40. The van der Waals surface area contributed by atoms with Gasteiger partial charge >= 0.3 is 0 Å². The standard InChI is InChI=1S/C14H13BrN2O2/c15-12-7-4-8-13(16-12)17-14(18)9-10-19-11-5-2-1-3-6-11/h1-8H,9-10H2,(H,16,17,18). The molecule has 5 heteroatoms. The highest BCUT2D eigenvalue weighted by atomic mass is 79.9. The highest BCUT2D eigenvalue weighted by molar-refractivity contribution is 9.10. The predicted octanol–water partition coefficient (Wildman–Crippen LogP) is 3.25. The van der Waals surface area contributed by atoms with Crippen LogP contribution in [0.1, 0.15) is 6.42 Å². The number of nitrogens with one attached hydrogen (secondary N) is 1. The summed E-state index contributed by atoms with van der Waals surface area (Å²) < 4.78 is 6.13. The molecular weight excluding hydrogens is 308 g/mol. The zero-order valence-corrected chi connectivity index (χ0v) is 11.8. The van der Waals surface area contributed by atoms with Crippen LogP contribution < -0.4 is 10.1 Å². The highest BCUT2D eigenvalue weighted by Gasteiger charge is 2.04. The van der Waals surface area contributed by atoms with Crippen molar-refractivity contribution in [2.45, 2.75) is 6.42 Å². The summed E-state index contributed by atoms with van der Waals surface area (Å²) in [5.74, 6) is 1.16. The molecule has 0 aliphatic rings. The molecule has 0 aliphatic heterocycles. The summed E-state index contributed by atoms with van der Waals surface area (Å²) in [5, 5.41) is 2.71. The van der Waals surface area contributed by atoms with Crippen molar-refractivity contribution in [2.75, 3.05) is 11.9 Å². The first-order valence-electron chi connectivity index (χ1n) is 5.84. The van der Waals surface area contributed by atoms with Gasteiger partial charge in [-0.15, -0.1) is 0 Å². The number of nitrogens with zero attached hydrogens (tertiary/aromatic N) is 1. The number of aromatic nitrogens is 1. The normalized spacial score (nSPS) is 9.95. The van der Waals surface area contributed by atoms with Crippen molar-refractivity contribution < 1.29 is 9.53 Å². The second-order valence-corrected chi connectivity index (χ2v) is 4.62. The SMILES string of the molecule is O=C(CCOc1ccccc1)Nc1cccc(Br)n1. The maximum absolute atomic E-state index is 11.7. The Morgan fingerprint density at radius 3 is 2.68 bits per heavy atom. The molecule has 0 bridgehead atoms. The van der Waals surface area contributed by atoms with Gasteiger partial charge in [0.05, 0.1) is 13.0 Å². The molecule has 2 aromatic rings. The molecule has 0 saturated carbocycles. The Hall–Kier alpha value is -1.88. The van der Waals surface area contributed by atoms with Crippen molar-refractivity contribution in [3.8, 4) is 5.75 Å². The van der Waals surface area contributed by atoms with Crippen LogP contribution in [-0.4, -0.2) is 17.5 Å². The van der Waals surface area contributed by atoms with Gasteiger partial charge in [-0.1, -0.05) is 24.3 Å². The molecule has 0 saturated heterocycles. The number of pyridine rings is 1. The number of para-hydroxylation sites is 1. The number of rotatable bonds is 5. The summed E-state index contributed by atoms with van der Waals surface area (Å²) in [7, 11) is 0. The van der Waals surface area contributed by atoms with E-state index in [9.17, 15) is 4.79 Å². The number of anilines is 1. The molecule has 1 amide bonds. The first-order chi connectivity index (χ1) is 9.24. The van der Waals surface area contributed by atoms with Gasteiger partial charge in [0, 0.05) is 0 Å². The van der Waals surface area contributed by atoms with Crippen LogP contribution in [0.4, 0.5) is 5.82 Å². The Balaban J connectivity index is 1.76. The zero-order valence-electron chi connectivity index (χ0n) is 10.2. The van der Waals surface area contributed by atoms with Crippen LogP contribution in [0.25, 0.3) is 0 Å². The van der Waals surface area contributed by atoms with Crippen molar-refractivity contribution in [3.63, 3.8) is 0 Å². The van der Waals surface area contributed by atoms with Crippen molar-refractivity contribution in [1.82, 2.24) is 4.98 Å². The summed E-state index contributed by atoms with van der Waals surface area (Å²) in [6.45, 7) is 0.337. The van der Waals surface area contributed by atoms with E-state index in [1.807, 2.05) is 36.4 Å². The van der Waals surface area contributed by atoms with Gasteiger partial charge in [0.15, 0.2) is 0 Å². The minimum Gasteiger partial charge on any atom is -0.493 e. The van der Waals surface area contributed by atoms with E-state index in [4.69, 9.17) is 4.74 Å². The molecule has 0 atom stereocenters. The fourth-order valence-corrected chi connectivity index (χ4v) is 1.81. The molecule has 1 heterocycles. The second kappa shape index (κ2) is 6.89. The summed E-state index contributed by atoms with van der Waals surface area (Å²) in [4.78, 5) is 15.8. The van der Waals surface area contributed by atoms with Gasteiger partial charge in [0.1, 0.15) is 16.2 Å². The maximum atomic E-state index is 11.7. The second-order valence-electron chi connectivity index (χ2n) is 3.81. The lowest BCUT2D eigenvalue weighted by atomic mass is 10.3. The highest BCUT2D eigenvalue weighted by Crippen LogP contribution is 2.11. The quantitative estimate of drug-likeness (QED) is 0.860. The average molecular weight is 321 g/mol. The monoisotopic (exact) mass is 320 g/mol. The lowest BCUT2D eigenvalue weighted by molar-refractivity contribution is -0.116. The molecule has 0 spiro atoms. The number of benzene rings is 1. The Morgan fingerprint density at radius 2 is 1.95 bits per heavy atom. The first-order valence-corrected chi connectivity index (χ1v) is 6.63. The molecule has 19 heavy (non-hydrogen) atoms. The van der Waals surface area contributed by atoms with E-state index in [0.29, 0.717) is 17.0 Å². The van der Waals surface area contributed by atoms with Crippen LogP contribution in [-0.2, 0) is 4.79 Å². The molecule has 1 aromatic heterocycles. The zero-order chi connectivity index (χ0) is 13.5. The third-order valence-corrected chi connectivity index (χ3v) is 2.77. The fraction of sp³-hybridized carbons (Fsp3) is 0.143. The van der Waals surface area contributed by atoms with Crippen LogP contribution in [0.15, 0.2) is 53.1 Å². The van der Waals surface area contributed by atoms with Crippen LogP contribution in [0.2, 0.25) is 0 Å². The molecule has 4 nitrogen and oxygen atoms in total. The van der Waals surface area contributed by atoms with Crippen molar-refractivity contribution in [1.29, 1.82) is 0 Å². The molecule has 0 fully saturated rings. The summed E-state index contributed by atoms with van der Waals surface area (Å²) in [6.07, 6.45) is 0.281. The van der Waals surface area contributed by atoms with Gasteiger partial charge in [-0.05, 0) is 40.2 Å². The largest absolute Gasteiger partial charge is 0.493 e. The molecule has 98 valence electrons. The van der Waals surface area contributed by atoms with E-state index < -0.39 is 0 Å². The molecule has 0 aliphatic carbocycles. The number of hydrogen-bond acceptors (Lipinski definition) is 3. The van der Waals surface area contributed by atoms with Crippen LogP contribution >= 0.6 is 15.9 Å². The molecule has 1 aromatic carbocycles. The molecule has 0 radical (unpaired) electrons. The van der Waals surface area contributed by atoms with Gasteiger partial charge in [-0.3, -0.25) is 4.79 Å². The fourth-order valence-electron chi connectivity index (χ4n) is 1.46. The third kappa shape index (κ3) is 4.71. The van der Waals surface area contributed by atoms with E-state index in [2.05, 4.69) is 26.2 Å². The predicted molar refractivity (Wildman–Crippen MR) is 77.1 cm³/mol. The van der Waals surface area contributed by atoms with Gasteiger partial charge in [0.25, 0.3) is 0 Å². The van der Waals surface area contributed by atoms with Gasteiger partial charge < -0.3 is 10.1 Å². The number of amides is 1. The lowest BCUT2D eigenvalue weighted by Gasteiger charge is -2.06. The number of carbonyl (C=O) groups excluding carboxylic acids is 1. The van der Waals surface area contributed by atoms with E-state index in [0.717, 1.165) is 5.75 Å². The van der Waals surface area contributed by atoms with Crippen molar-refractivity contribution >= 4 is 27.7 Å². The Bertz CT molecular complexity index is 546. The summed E-state index contributed by atoms with van der Waals surface area (Å²) in [5.41, 5.74) is 0. The summed E-state index contributed by atoms with van der Waals surface area (Å²) >= 11 is 3.25. The Labute approximate surface area is 119 Å². The van der Waals surface area contributed by atoms with Crippen LogP contribution in [0, 0.1) is 0 Å². The maximum Gasteiger partial charge on any atom is 0.228 e. The van der Waals surface area contributed by atoms with Gasteiger partial charge in [-0.2, -0.15) is 0 Å². The van der Waals surface area contributed by atoms with E-state index in [-0.39, 0.29) is 12.3 Å². The van der Waals surface area contributed by atoms with Crippen LogP contribution in [0.3, 0.4) is 0 Å². The van der Waals surface area contributed by atoms with E-state index in [1.165, 1.54) is 0 Å². The minimum atomic E-state index is -0.124. The smallest absolute Gasteiger partial charge is 0.228 e. The summed E-state index contributed by atoms with van der Waals surface area (Å²) in [6, 6.07) is 14.8.